The van der Waals surface area contributed by atoms with Crippen LogP contribution in [0.4, 0.5) is 4.79 Å². The predicted molar refractivity (Wildman–Crippen MR) is 61.0 cm³/mol. The number of ether oxygens (including phenoxy) is 2. The summed E-state index contributed by atoms with van der Waals surface area (Å²) in [6, 6.07) is -0.222. The molecule has 1 fully saturated rings. The lowest BCUT2D eigenvalue weighted by Crippen LogP contribution is -2.39. The number of nitrogens with zero attached hydrogens (tertiary/aromatic N) is 1. The Morgan fingerprint density at radius 2 is 2.12 bits per heavy atom. The highest BCUT2D eigenvalue weighted by molar-refractivity contribution is 5.69. The van der Waals surface area contributed by atoms with Gasteiger partial charge >= 0.3 is 6.09 Å². The van der Waals surface area contributed by atoms with E-state index in [0.717, 1.165) is 0 Å². The normalized spacial score (nSPS) is 25.3. The number of amides is 1. The monoisotopic (exact) mass is 225 g/mol. The van der Waals surface area contributed by atoms with E-state index in [9.17, 15) is 4.79 Å². The van der Waals surface area contributed by atoms with Crippen molar-refractivity contribution in [1.82, 2.24) is 4.90 Å². The summed E-state index contributed by atoms with van der Waals surface area (Å²) in [7, 11) is 1.62. The summed E-state index contributed by atoms with van der Waals surface area (Å²) in [5.74, 6) is 2.59. The van der Waals surface area contributed by atoms with Gasteiger partial charge in [-0.15, -0.1) is 6.42 Å². The lowest BCUT2D eigenvalue weighted by atomic mass is 10.2. The Balaban J connectivity index is 2.65. The molecule has 0 aromatic carbocycles. The van der Waals surface area contributed by atoms with E-state index in [1.54, 1.807) is 12.0 Å². The van der Waals surface area contributed by atoms with E-state index in [1.165, 1.54) is 0 Å². The number of methoxy groups -OCH3 is 1. The van der Waals surface area contributed by atoms with Gasteiger partial charge in [-0.1, -0.05) is 5.92 Å². The van der Waals surface area contributed by atoms with E-state index in [4.69, 9.17) is 15.9 Å². The summed E-state index contributed by atoms with van der Waals surface area (Å²) in [6.07, 6.45) is 5.70. The first-order valence-electron chi connectivity index (χ1n) is 5.36. The molecule has 1 aliphatic rings. The predicted octanol–water partition coefficient (Wildman–Crippen LogP) is 1.64. The molecule has 4 nitrogen and oxygen atoms in total. The third-order valence-electron chi connectivity index (χ3n) is 2.42. The molecular weight excluding hydrogens is 206 g/mol. The molecule has 1 aliphatic heterocycles. The minimum atomic E-state index is -0.499. The number of hydrogen-bond donors (Lipinski definition) is 0. The molecule has 0 saturated carbocycles. The minimum absolute atomic E-state index is 0.00793. The third kappa shape index (κ3) is 3.14. The maximum absolute atomic E-state index is 11.8. The number of likely N-dealkylation sites (tertiary alicyclic amines) is 1. The molecule has 0 bridgehead atoms. The van der Waals surface area contributed by atoms with Crippen molar-refractivity contribution in [2.24, 2.45) is 0 Å². The van der Waals surface area contributed by atoms with Gasteiger partial charge in [0, 0.05) is 13.5 Å². The molecule has 1 heterocycles. The van der Waals surface area contributed by atoms with Gasteiger partial charge in [0.25, 0.3) is 0 Å². The molecule has 16 heavy (non-hydrogen) atoms. The summed E-state index contributed by atoms with van der Waals surface area (Å²) in [4.78, 5) is 13.4. The second-order valence-corrected chi connectivity index (χ2v) is 4.91. The average Bonchev–Trinajstić information content (AvgIpc) is 2.58. The summed E-state index contributed by atoms with van der Waals surface area (Å²) in [5.41, 5.74) is -0.499. The van der Waals surface area contributed by atoms with Crippen LogP contribution in [0.1, 0.15) is 27.2 Å². The van der Waals surface area contributed by atoms with Crippen molar-refractivity contribution in [3.63, 3.8) is 0 Å². The quantitative estimate of drug-likeness (QED) is 0.637. The van der Waals surface area contributed by atoms with Gasteiger partial charge in [0.2, 0.25) is 0 Å². The largest absolute Gasteiger partial charge is 0.444 e. The highest BCUT2D eigenvalue weighted by Gasteiger charge is 2.36. The van der Waals surface area contributed by atoms with Gasteiger partial charge in [-0.05, 0) is 20.8 Å². The van der Waals surface area contributed by atoms with Gasteiger partial charge in [0.15, 0.2) is 0 Å². The van der Waals surface area contributed by atoms with Crippen LogP contribution in [0.3, 0.4) is 0 Å². The Kier molecular flexibility index (Phi) is 3.82. The lowest BCUT2D eigenvalue weighted by Gasteiger charge is -2.26. The molecule has 0 aliphatic carbocycles. The zero-order chi connectivity index (χ0) is 12.3. The van der Waals surface area contributed by atoms with Crippen molar-refractivity contribution >= 4 is 6.09 Å². The first-order valence-corrected chi connectivity index (χ1v) is 5.36. The minimum Gasteiger partial charge on any atom is -0.444 e. The summed E-state index contributed by atoms with van der Waals surface area (Å²) in [5, 5.41) is 0. The number of carbonyl (C=O) groups excluding carboxylic acids is 1. The third-order valence-corrected chi connectivity index (χ3v) is 2.42. The van der Waals surface area contributed by atoms with Crippen LogP contribution in [0.5, 0.6) is 0 Å². The van der Waals surface area contributed by atoms with E-state index in [-0.39, 0.29) is 18.2 Å². The highest BCUT2D eigenvalue weighted by atomic mass is 16.6. The van der Waals surface area contributed by atoms with Gasteiger partial charge in [-0.3, -0.25) is 4.90 Å². The van der Waals surface area contributed by atoms with Gasteiger partial charge in [-0.2, -0.15) is 0 Å². The highest BCUT2D eigenvalue weighted by Crippen LogP contribution is 2.22. The van der Waals surface area contributed by atoms with E-state index >= 15 is 0 Å². The van der Waals surface area contributed by atoms with E-state index < -0.39 is 5.60 Å². The molecule has 1 amide bonds. The fourth-order valence-corrected chi connectivity index (χ4v) is 1.65. The molecule has 0 unspecified atom stereocenters. The standard InChI is InChI=1S/C12H19NO3/c1-6-9-7-10(15-5)8-13(9)11(14)16-12(2,3)4/h1,9-10H,7-8H2,2-5H3/t9-,10-/m1/s1. The van der Waals surface area contributed by atoms with Crippen LogP contribution in [0.25, 0.3) is 0 Å². The fourth-order valence-electron chi connectivity index (χ4n) is 1.65. The Bertz CT molecular complexity index is 300. The second kappa shape index (κ2) is 4.75. The van der Waals surface area contributed by atoms with Crippen LogP contribution in [-0.2, 0) is 9.47 Å². The van der Waals surface area contributed by atoms with Crippen LogP contribution < -0.4 is 0 Å². The van der Waals surface area contributed by atoms with Crippen LogP contribution >= 0.6 is 0 Å². The van der Waals surface area contributed by atoms with Gasteiger partial charge in [0.05, 0.1) is 18.7 Å². The zero-order valence-corrected chi connectivity index (χ0v) is 10.3. The molecule has 0 N–H and O–H groups in total. The Hall–Kier alpha value is -1.21. The summed E-state index contributed by atoms with van der Waals surface area (Å²) >= 11 is 0. The van der Waals surface area contributed by atoms with Crippen molar-refractivity contribution in [3.8, 4) is 12.3 Å². The molecule has 0 radical (unpaired) electrons. The Labute approximate surface area is 96.9 Å². The van der Waals surface area contributed by atoms with Crippen molar-refractivity contribution < 1.29 is 14.3 Å². The van der Waals surface area contributed by atoms with Crippen LogP contribution in [-0.4, -0.2) is 42.4 Å². The van der Waals surface area contributed by atoms with Gasteiger partial charge < -0.3 is 9.47 Å². The molecule has 1 rings (SSSR count). The number of terminal acetylenes is 1. The molecule has 0 aromatic heterocycles. The summed E-state index contributed by atoms with van der Waals surface area (Å²) in [6.45, 7) is 6.00. The average molecular weight is 225 g/mol. The van der Waals surface area contributed by atoms with Gasteiger partial charge in [-0.25, -0.2) is 4.79 Å². The molecule has 1 saturated heterocycles. The first-order chi connectivity index (χ1) is 7.37. The number of hydrogen-bond acceptors (Lipinski definition) is 3. The fraction of sp³-hybridized carbons (Fsp3) is 0.750. The van der Waals surface area contributed by atoms with Crippen molar-refractivity contribution in [2.75, 3.05) is 13.7 Å². The van der Waals surface area contributed by atoms with Crippen LogP contribution in [0.15, 0.2) is 0 Å². The van der Waals surface area contributed by atoms with Crippen LogP contribution in [0.2, 0.25) is 0 Å². The maximum Gasteiger partial charge on any atom is 0.411 e. The van der Waals surface area contributed by atoms with E-state index in [0.29, 0.717) is 13.0 Å². The van der Waals surface area contributed by atoms with Crippen molar-refractivity contribution in [2.45, 2.75) is 44.9 Å². The van der Waals surface area contributed by atoms with Gasteiger partial charge in [0.1, 0.15) is 5.60 Å². The van der Waals surface area contributed by atoms with Crippen molar-refractivity contribution in [1.29, 1.82) is 0 Å². The molecule has 0 spiro atoms. The molecule has 2 atom stereocenters. The molecular formula is C12H19NO3. The van der Waals surface area contributed by atoms with E-state index in [2.05, 4.69) is 5.92 Å². The lowest BCUT2D eigenvalue weighted by molar-refractivity contribution is 0.0225. The summed E-state index contributed by atoms with van der Waals surface area (Å²) < 4.78 is 10.5. The van der Waals surface area contributed by atoms with Crippen LogP contribution in [0, 0.1) is 12.3 Å². The second-order valence-electron chi connectivity index (χ2n) is 4.91. The smallest absolute Gasteiger partial charge is 0.411 e. The topological polar surface area (TPSA) is 38.8 Å². The number of rotatable bonds is 1. The van der Waals surface area contributed by atoms with Crippen molar-refractivity contribution in [3.05, 3.63) is 0 Å². The Morgan fingerprint density at radius 3 is 2.56 bits per heavy atom. The SMILES string of the molecule is C#C[C@@H]1C[C@@H](OC)CN1C(=O)OC(C)(C)C. The zero-order valence-electron chi connectivity index (χ0n) is 10.3. The molecule has 0 aromatic rings. The molecule has 4 heteroatoms. The molecule has 90 valence electrons. The first kappa shape index (κ1) is 12.9. The van der Waals surface area contributed by atoms with E-state index in [1.807, 2.05) is 20.8 Å². The Morgan fingerprint density at radius 1 is 1.50 bits per heavy atom. The maximum atomic E-state index is 11.8. The number of carbonyl (C=O) groups is 1.